The third-order valence-corrected chi connectivity index (χ3v) is 3.43. The lowest BCUT2D eigenvalue weighted by Gasteiger charge is -2.15. The average molecular weight is 282 g/mol. The molecule has 0 aliphatic heterocycles. The number of benzene rings is 2. The van der Waals surface area contributed by atoms with E-state index in [1.54, 1.807) is 32.0 Å². The van der Waals surface area contributed by atoms with Crippen molar-refractivity contribution in [2.24, 2.45) is 5.73 Å². The van der Waals surface area contributed by atoms with Gasteiger partial charge in [0.05, 0.1) is 11.1 Å². The van der Waals surface area contributed by atoms with Gasteiger partial charge in [0.1, 0.15) is 11.6 Å². The van der Waals surface area contributed by atoms with Crippen molar-refractivity contribution in [3.8, 4) is 0 Å². The van der Waals surface area contributed by atoms with Gasteiger partial charge in [-0.15, -0.1) is 0 Å². The zero-order chi connectivity index (χ0) is 14.2. The standard InChI is InChI=1S/C15H14ClF2N/c1-8-5-11(6-9(2)14(8)18)15(19)10-3-4-12(16)13(17)7-10/h3-7,15H,19H2,1-2H3. The first kappa shape index (κ1) is 14.0. The smallest absolute Gasteiger partial charge is 0.142 e. The summed E-state index contributed by atoms with van der Waals surface area (Å²) in [5.74, 6) is -0.747. The Kier molecular flexibility index (Phi) is 3.88. The van der Waals surface area contributed by atoms with E-state index in [1.807, 2.05) is 0 Å². The largest absolute Gasteiger partial charge is 0.320 e. The van der Waals surface area contributed by atoms with Crippen LogP contribution in [-0.2, 0) is 0 Å². The molecule has 0 bridgehead atoms. The highest BCUT2D eigenvalue weighted by Gasteiger charge is 2.14. The summed E-state index contributed by atoms with van der Waals surface area (Å²) in [5, 5.41) is 0.0578. The Morgan fingerprint density at radius 2 is 1.58 bits per heavy atom. The molecule has 2 aromatic carbocycles. The molecule has 0 aromatic heterocycles. The lowest BCUT2D eigenvalue weighted by molar-refractivity contribution is 0.606. The fourth-order valence-electron chi connectivity index (χ4n) is 2.06. The third kappa shape index (κ3) is 2.77. The predicted octanol–water partition coefficient (Wildman–Crippen LogP) is 4.28. The molecule has 0 fully saturated rings. The molecule has 0 heterocycles. The minimum atomic E-state index is -0.509. The summed E-state index contributed by atoms with van der Waals surface area (Å²) in [7, 11) is 0. The Labute approximate surface area is 116 Å². The van der Waals surface area contributed by atoms with Crippen LogP contribution in [0.1, 0.15) is 28.3 Å². The molecular weight excluding hydrogens is 268 g/mol. The lowest BCUT2D eigenvalue weighted by atomic mass is 9.96. The van der Waals surface area contributed by atoms with Crippen LogP contribution < -0.4 is 5.73 Å². The zero-order valence-electron chi connectivity index (χ0n) is 10.7. The van der Waals surface area contributed by atoms with Gasteiger partial charge in [0.2, 0.25) is 0 Å². The molecule has 2 aromatic rings. The molecule has 0 amide bonds. The highest BCUT2D eigenvalue weighted by molar-refractivity contribution is 6.30. The summed E-state index contributed by atoms with van der Waals surface area (Å²) >= 11 is 5.64. The molecule has 0 saturated heterocycles. The van der Waals surface area contributed by atoms with E-state index in [9.17, 15) is 8.78 Å². The number of aryl methyl sites for hydroxylation is 2. The third-order valence-electron chi connectivity index (χ3n) is 3.12. The van der Waals surface area contributed by atoms with E-state index in [0.29, 0.717) is 16.7 Å². The lowest BCUT2D eigenvalue weighted by Crippen LogP contribution is -2.13. The summed E-state index contributed by atoms with van der Waals surface area (Å²) in [5.41, 5.74) is 8.50. The maximum Gasteiger partial charge on any atom is 0.142 e. The Morgan fingerprint density at radius 1 is 1.00 bits per heavy atom. The molecule has 0 spiro atoms. The summed E-state index contributed by atoms with van der Waals surface area (Å²) < 4.78 is 27.0. The Balaban J connectivity index is 2.43. The number of hydrogen-bond acceptors (Lipinski definition) is 1. The van der Waals surface area contributed by atoms with E-state index in [0.717, 1.165) is 5.56 Å². The van der Waals surface area contributed by atoms with Crippen LogP contribution >= 0.6 is 11.6 Å². The van der Waals surface area contributed by atoms with Gasteiger partial charge in [0.15, 0.2) is 0 Å². The van der Waals surface area contributed by atoms with Crippen molar-refractivity contribution >= 4 is 11.6 Å². The zero-order valence-corrected chi connectivity index (χ0v) is 11.4. The molecule has 2 rings (SSSR count). The van der Waals surface area contributed by atoms with Crippen LogP contribution in [0.25, 0.3) is 0 Å². The molecule has 4 heteroatoms. The molecule has 19 heavy (non-hydrogen) atoms. The predicted molar refractivity (Wildman–Crippen MR) is 73.3 cm³/mol. The van der Waals surface area contributed by atoms with Crippen molar-refractivity contribution in [2.45, 2.75) is 19.9 Å². The minimum absolute atomic E-state index is 0.0578. The molecule has 1 unspecified atom stereocenters. The van der Waals surface area contributed by atoms with Gasteiger partial charge < -0.3 is 5.73 Å². The van der Waals surface area contributed by atoms with Crippen molar-refractivity contribution in [1.82, 2.24) is 0 Å². The van der Waals surface area contributed by atoms with Gasteiger partial charge in [-0.1, -0.05) is 29.8 Å². The van der Waals surface area contributed by atoms with Crippen LogP contribution in [0.4, 0.5) is 8.78 Å². The van der Waals surface area contributed by atoms with Gasteiger partial charge in [-0.05, 0) is 48.2 Å². The van der Waals surface area contributed by atoms with Gasteiger partial charge in [-0.3, -0.25) is 0 Å². The summed E-state index contributed by atoms with van der Waals surface area (Å²) in [6.45, 7) is 3.36. The van der Waals surface area contributed by atoms with E-state index < -0.39 is 11.9 Å². The Hall–Kier alpha value is -1.45. The fraction of sp³-hybridized carbons (Fsp3) is 0.200. The van der Waals surface area contributed by atoms with E-state index in [2.05, 4.69) is 0 Å². The second kappa shape index (κ2) is 5.27. The van der Waals surface area contributed by atoms with Gasteiger partial charge in [0.25, 0.3) is 0 Å². The minimum Gasteiger partial charge on any atom is -0.320 e. The highest BCUT2D eigenvalue weighted by atomic mass is 35.5. The van der Waals surface area contributed by atoms with Crippen molar-refractivity contribution in [1.29, 1.82) is 0 Å². The fourth-order valence-corrected chi connectivity index (χ4v) is 2.17. The SMILES string of the molecule is Cc1cc(C(N)c2ccc(Cl)c(F)c2)cc(C)c1F. The summed E-state index contributed by atoms with van der Waals surface area (Å²) in [6, 6.07) is 7.30. The molecule has 100 valence electrons. The van der Waals surface area contributed by atoms with Crippen LogP contribution in [0, 0.1) is 25.5 Å². The van der Waals surface area contributed by atoms with E-state index >= 15 is 0 Å². The van der Waals surface area contributed by atoms with Crippen LogP contribution in [0.3, 0.4) is 0 Å². The quantitative estimate of drug-likeness (QED) is 0.873. The van der Waals surface area contributed by atoms with Crippen LogP contribution in [0.2, 0.25) is 5.02 Å². The Bertz CT molecular complexity index is 603. The summed E-state index contributed by atoms with van der Waals surface area (Å²) in [6.07, 6.45) is 0. The van der Waals surface area contributed by atoms with Gasteiger partial charge in [-0.2, -0.15) is 0 Å². The maximum absolute atomic E-state index is 13.6. The molecule has 2 N–H and O–H groups in total. The number of hydrogen-bond donors (Lipinski definition) is 1. The van der Waals surface area contributed by atoms with Crippen molar-refractivity contribution < 1.29 is 8.78 Å². The summed E-state index contributed by atoms with van der Waals surface area (Å²) in [4.78, 5) is 0. The number of halogens is 3. The topological polar surface area (TPSA) is 26.0 Å². The second-order valence-corrected chi connectivity index (χ2v) is 5.03. The van der Waals surface area contributed by atoms with Crippen molar-refractivity contribution in [3.63, 3.8) is 0 Å². The molecular formula is C15H14ClF2N. The number of rotatable bonds is 2. The normalized spacial score (nSPS) is 12.5. The first-order valence-electron chi connectivity index (χ1n) is 5.87. The van der Waals surface area contributed by atoms with Crippen LogP contribution in [0.5, 0.6) is 0 Å². The molecule has 1 atom stereocenters. The van der Waals surface area contributed by atoms with E-state index in [-0.39, 0.29) is 10.8 Å². The molecule has 0 radical (unpaired) electrons. The Morgan fingerprint density at radius 3 is 2.11 bits per heavy atom. The molecule has 0 saturated carbocycles. The van der Waals surface area contributed by atoms with E-state index in [1.165, 1.54) is 12.1 Å². The second-order valence-electron chi connectivity index (χ2n) is 4.62. The molecule has 0 aliphatic rings. The van der Waals surface area contributed by atoms with Crippen molar-refractivity contribution in [2.75, 3.05) is 0 Å². The van der Waals surface area contributed by atoms with Crippen LogP contribution in [-0.4, -0.2) is 0 Å². The van der Waals surface area contributed by atoms with Crippen molar-refractivity contribution in [3.05, 3.63) is 69.2 Å². The number of nitrogens with two attached hydrogens (primary N) is 1. The first-order valence-corrected chi connectivity index (χ1v) is 6.25. The van der Waals surface area contributed by atoms with Crippen LogP contribution in [0.15, 0.2) is 30.3 Å². The first-order chi connectivity index (χ1) is 8.90. The van der Waals surface area contributed by atoms with Gasteiger partial charge in [0, 0.05) is 0 Å². The monoisotopic (exact) mass is 281 g/mol. The van der Waals surface area contributed by atoms with Gasteiger partial charge in [-0.25, -0.2) is 8.78 Å². The molecule has 1 nitrogen and oxygen atoms in total. The molecule has 0 aliphatic carbocycles. The van der Waals surface area contributed by atoms with Gasteiger partial charge >= 0.3 is 0 Å². The highest BCUT2D eigenvalue weighted by Crippen LogP contribution is 2.26. The maximum atomic E-state index is 13.6. The average Bonchev–Trinajstić information content (AvgIpc) is 2.37. The van der Waals surface area contributed by atoms with E-state index in [4.69, 9.17) is 17.3 Å².